The largest absolute Gasteiger partial charge is 0.442 e. The molecule has 0 fully saturated rings. The summed E-state index contributed by atoms with van der Waals surface area (Å²) in [6.07, 6.45) is 4.98. The van der Waals surface area contributed by atoms with Crippen LogP contribution in [0.15, 0.2) is 9.32 Å². The minimum absolute atomic E-state index is 0.216. The molecule has 4 nitrogen and oxygen atoms in total. The third-order valence-corrected chi connectivity index (χ3v) is 1.12. The summed E-state index contributed by atoms with van der Waals surface area (Å²) in [7, 11) is 0. The highest BCUT2D eigenvalue weighted by Gasteiger charge is 2.01. The van der Waals surface area contributed by atoms with E-state index in [1.807, 2.05) is 0 Å². The first-order valence-electron chi connectivity index (χ1n) is 2.72. The van der Waals surface area contributed by atoms with Crippen LogP contribution in [0.4, 0.5) is 0 Å². The lowest BCUT2D eigenvalue weighted by Crippen LogP contribution is -2.14. The van der Waals surface area contributed by atoms with E-state index >= 15 is 0 Å². The summed E-state index contributed by atoms with van der Waals surface area (Å²) in [5.41, 5.74) is 0. The summed E-state index contributed by atoms with van der Waals surface area (Å²) in [6.45, 7) is 1.87. The van der Waals surface area contributed by atoms with E-state index in [1.54, 1.807) is 6.92 Å². The van der Waals surface area contributed by atoms with Gasteiger partial charge in [0.1, 0.15) is 0 Å². The lowest BCUT2D eigenvalue weighted by molar-refractivity contribution is 0.376. The number of hydrogen-bond acceptors (Lipinski definition) is 3. The number of nitrogens with zero attached hydrogens (tertiary/aromatic N) is 2. The fourth-order valence-electron chi connectivity index (χ4n) is 0.606. The molecule has 0 N–H and O–H groups in total. The Hall–Kier alpha value is -1.50. The quantitative estimate of drug-likeness (QED) is 0.504. The average molecular weight is 138 g/mol. The molecule has 10 heavy (non-hydrogen) atoms. The Balaban J connectivity index is 3.13. The average Bonchev–Trinajstić information content (AvgIpc) is 2.20. The van der Waals surface area contributed by atoms with Crippen LogP contribution in [0, 0.1) is 19.3 Å². The Morgan fingerprint density at radius 3 is 3.00 bits per heavy atom. The fraction of sp³-hybridized carbons (Fsp3) is 0.333. The third-order valence-electron chi connectivity index (χ3n) is 1.12. The molecule has 1 aromatic rings. The molecule has 1 heterocycles. The first-order valence-corrected chi connectivity index (χ1v) is 2.72. The minimum atomic E-state index is -0.504. The van der Waals surface area contributed by atoms with Gasteiger partial charge in [-0.05, 0) is 6.92 Å². The molecule has 0 unspecified atom stereocenters. The van der Waals surface area contributed by atoms with Crippen LogP contribution in [0.25, 0.3) is 0 Å². The van der Waals surface area contributed by atoms with Crippen LogP contribution in [0.2, 0.25) is 0 Å². The minimum Gasteiger partial charge on any atom is -0.296 e. The smallest absolute Gasteiger partial charge is 0.296 e. The second-order valence-electron chi connectivity index (χ2n) is 1.79. The van der Waals surface area contributed by atoms with Crippen LogP contribution in [0.1, 0.15) is 5.82 Å². The topological polar surface area (TPSA) is 48.0 Å². The van der Waals surface area contributed by atoms with E-state index < -0.39 is 5.76 Å². The van der Waals surface area contributed by atoms with Gasteiger partial charge in [-0.25, -0.2) is 9.36 Å². The Labute approximate surface area is 57.4 Å². The molecule has 1 rings (SSSR count). The summed E-state index contributed by atoms with van der Waals surface area (Å²) < 4.78 is 5.59. The Morgan fingerprint density at radius 2 is 2.60 bits per heavy atom. The molecular weight excluding hydrogens is 132 g/mol. The first kappa shape index (κ1) is 6.62. The molecule has 0 radical (unpaired) electrons. The van der Waals surface area contributed by atoms with Gasteiger partial charge in [0.2, 0.25) is 0 Å². The highest BCUT2D eigenvalue weighted by Crippen LogP contribution is 1.86. The number of rotatable bonds is 1. The molecular formula is C6H6N2O2. The van der Waals surface area contributed by atoms with Gasteiger partial charge in [0, 0.05) is 0 Å². The third kappa shape index (κ3) is 0.935. The van der Waals surface area contributed by atoms with Crippen molar-refractivity contribution in [2.75, 3.05) is 0 Å². The van der Waals surface area contributed by atoms with Crippen molar-refractivity contribution in [2.45, 2.75) is 13.5 Å². The van der Waals surface area contributed by atoms with Gasteiger partial charge in [0.25, 0.3) is 0 Å². The Bertz CT molecular complexity index is 315. The van der Waals surface area contributed by atoms with Crippen LogP contribution in [0.3, 0.4) is 0 Å². The highest BCUT2D eigenvalue weighted by molar-refractivity contribution is 4.89. The van der Waals surface area contributed by atoms with Gasteiger partial charge in [-0.1, -0.05) is 11.1 Å². The van der Waals surface area contributed by atoms with E-state index in [4.69, 9.17) is 6.42 Å². The maximum absolute atomic E-state index is 10.7. The van der Waals surface area contributed by atoms with Gasteiger partial charge in [-0.3, -0.25) is 4.52 Å². The van der Waals surface area contributed by atoms with Crippen LogP contribution in [-0.2, 0) is 6.54 Å². The summed E-state index contributed by atoms with van der Waals surface area (Å²) >= 11 is 0. The second-order valence-corrected chi connectivity index (χ2v) is 1.79. The van der Waals surface area contributed by atoms with Crippen LogP contribution >= 0.6 is 0 Å². The molecule has 0 aliphatic carbocycles. The van der Waals surface area contributed by atoms with Crippen molar-refractivity contribution in [3.8, 4) is 12.3 Å². The summed E-state index contributed by atoms with van der Waals surface area (Å²) in [5.74, 6) is 2.31. The predicted molar refractivity (Wildman–Crippen MR) is 34.3 cm³/mol. The lowest BCUT2D eigenvalue weighted by Gasteiger charge is -1.89. The number of aromatic nitrogens is 2. The SMILES string of the molecule is C#CCn1c(C)noc1=O. The van der Waals surface area contributed by atoms with Gasteiger partial charge in [-0.2, -0.15) is 0 Å². The van der Waals surface area contributed by atoms with Crippen molar-refractivity contribution in [3.63, 3.8) is 0 Å². The first-order chi connectivity index (χ1) is 4.75. The van der Waals surface area contributed by atoms with Crippen molar-refractivity contribution in [3.05, 3.63) is 16.4 Å². The second kappa shape index (κ2) is 2.40. The molecule has 0 aliphatic heterocycles. The summed E-state index contributed by atoms with van der Waals surface area (Å²) in [6, 6.07) is 0. The van der Waals surface area contributed by atoms with Crippen LogP contribution in [0.5, 0.6) is 0 Å². The van der Waals surface area contributed by atoms with Crippen molar-refractivity contribution in [1.29, 1.82) is 0 Å². The molecule has 1 aromatic heterocycles. The zero-order valence-corrected chi connectivity index (χ0v) is 5.50. The highest BCUT2D eigenvalue weighted by atomic mass is 16.5. The Kier molecular flexibility index (Phi) is 1.59. The number of hydrogen-bond donors (Lipinski definition) is 0. The van der Waals surface area contributed by atoms with Gasteiger partial charge in [-0.15, -0.1) is 6.42 Å². The van der Waals surface area contributed by atoms with Crippen molar-refractivity contribution < 1.29 is 4.52 Å². The maximum atomic E-state index is 10.7. The van der Waals surface area contributed by atoms with Crippen molar-refractivity contribution in [2.24, 2.45) is 0 Å². The molecule has 0 bridgehead atoms. The predicted octanol–water partition coefficient (Wildman–Crippen LogP) is -0.222. The number of aryl methyl sites for hydroxylation is 1. The lowest BCUT2D eigenvalue weighted by atomic mass is 10.6. The molecule has 0 atom stereocenters. The summed E-state index contributed by atoms with van der Waals surface area (Å²) in [5, 5.41) is 3.41. The van der Waals surface area contributed by atoms with Gasteiger partial charge in [0.15, 0.2) is 5.82 Å². The van der Waals surface area contributed by atoms with E-state index in [-0.39, 0.29) is 6.54 Å². The molecule has 0 amide bonds. The van der Waals surface area contributed by atoms with Crippen LogP contribution in [-0.4, -0.2) is 9.72 Å². The Morgan fingerprint density at radius 1 is 1.90 bits per heavy atom. The maximum Gasteiger partial charge on any atom is 0.442 e. The molecule has 0 saturated carbocycles. The molecule has 0 spiro atoms. The normalized spacial score (nSPS) is 9.20. The monoisotopic (exact) mass is 138 g/mol. The zero-order chi connectivity index (χ0) is 7.56. The van der Waals surface area contributed by atoms with Gasteiger partial charge >= 0.3 is 5.76 Å². The zero-order valence-electron chi connectivity index (χ0n) is 5.50. The van der Waals surface area contributed by atoms with Crippen molar-refractivity contribution in [1.82, 2.24) is 9.72 Å². The van der Waals surface area contributed by atoms with E-state index in [9.17, 15) is 4.79 Å². The van der Waals surface area contributed by atoms with Gasteiger partial charge in [0.05, 0.1) is 6.54 Å². The van der Waals surface area contributed by atoms with E-state index in [0.717, 1.165) is 0 Å². The molecule has 0 aliphatic rings. The van der Waals surface area contributed by atoms with E-state index in [0.29, 0.717) is 5.82 Å². The van der Waals surface area contributed by atoms with E-state index in [1.165, 1.54) is 4.57 Å². The van der Waals surface area contributed by atoms with Crippen molar-refractivity contribution >= 4 is 0 Å². The summed E-state index contributed by atoms with van der Waals surface area (Å²) in [4.78, 5) is 10.7. The van der Waals surface area contributed by atoms with Crippen LogP contribution < -0.4 is 5.76 Å². The van der Waals surface area contributed by atoms with E-state index in [2.05, 4.69) is 15.6 Å². The fourth-order valence-corrected chi connectivity index (χ4v) is 0.606. The molecule has 0 aromatic carbocycles. The van der Waals surface area contributed by atoms with Gasteiger partial charge < -0.3 is 0 Å². The standard InChI is InChI=1S/C6H6N2O2/c1-3-4-8-5(2)7-10-6(8)9/h1H,4H2,2H3. The number of terminal acetylenes is 1. The molecule has 4 heteroatoms. The molecule has 0 saturated heterocycles. The molecule has 52 valence electrons.